The van der Waals surface area contributed by atoms with Gasteiger partial charge in [0.1, 0.15) is 0 Å². The van der Waals surface area contributed by atoms with E-state index in [1.165, 1.54) is 96.3 Å². The first-order valence-electron chi connectivity index (χ1n) is 9.63. The van der Waals surface area contributed by atoms with E-state index in [0.717, 1.165) is 12.5 Å². The van der Waals surface area contributed by atoms with Gasteiger partial charge in [-0.1, -0.05) is 110 Å². The van der Waals surface area contributed by atoms with Crippen LogP contribution in [0.1, 0.15) is 110 Å². The van der Waals surface area contributed by atoms with Crippen molar-refractivity contribution in [1.82, 2.24) is 0 Å². The Kier molecular flexibility index (Phi) is 22.1. The smallest absolute Gasteiger partial charge is 0.341 e. The highest BCUT2D eigenvalue weighted by atomic mass is 35.8. The van der Waals surface area contributed by atoms with Gasteiger partial charge in [-0.15, -0.1) is 33.2 Å². The lowest BCUT2D eigenvalue weighted by Gasteiger charge is -2.07. The zero-order valence-electron chi connectivity index (χ0n) is 15.2. The fourth-order valence-corrected chi connectivity index (χ4v) is 4.73. The molecule has 0 fully saturated rings. The van der Waals surface area contributed by atoms with E-state index in [1.54, 1.807) is 0 Å². The zero-order chi connectivity index (χ0) is 16.5. The van der Waals surface area contributed by atoms with Gasteiger partial charge in [0.15, 0.2) is 0 Å². The zero-order valence-corrected chi connectivity index (χ0v) is 18.4. The molecule has 0 aromatic carbocycles. The number of hydrogen-bond donors (Lipinski definition) is 0. The summed E-state index contributed by atoms with van der Waals surface area (Å²) in [5.41, 5.74) is 0. The van der Waals surface area contributed by atoms with E-state index >= 15 is 0 Å². The summed E-state index contributed by atoms with van der Waals surface area (Å²) in [6.07, 6.45) is 22.2. The second-order valence-electron chi connectivity index (χ2n) is 6.67. The Labute approximate surface area is 160 Å². The molecule has 0 aromatic heterocycles. The Morgan fingerprint density at radius 2 is 0.739 bits per heavy atom. The molecular weight excluding hydrogens is 367 g/mol. The van der Waals surface area contributed by atoms with Crippen LogP contribution in [0.4, 0.5) is 0 Å². The molecule has 0 spiro atoms. The molecule has 0 aliphatic carbocycles. The van der Waals surface area contributed by atoms with Crippen molar-refractivity contribution in [3.8, 4) is 0 Å². The SMILES string of the molecule is CCCCCCCCCCCCCCCCCC[Si](Cl)(Cl)Cl.O. The third kappa shape index (κ3) is 25.4. The van der Waals surface area contributed by atoms with Gasteiger partial charge >= 0.3 is 6.00 Å². The van der Waals surface area contributed by atoms with Crippen LogP contribution in [0.2, 0.25) is 6.04 Å². The normalized spacial score (nSPS) is 11.5. The molecule has 0 aliphatic heterocycles. The summed E-state index contributed by atoms with van der Waals surface area (Å²) in [4.78, 5) is 0. The summed E-state index contributed by atoms with van der Waals surface area (Å²) in [6, 6.07) is -1.52. The predicted octanol–water partition coefficient (Wildman–Crippen LogP) is 8.08. The van der Waals surface area contributed by atoms with Crippen LogP contribution in [0, 0.1) is 0 Å². The Balaban J connectivity index is 0. The van der Waals surface area contributed by atoms with Crippen molar-refractivity contribution in [1.29, 1.82) is 0 Å². The van der Waals surface area contributed by atoms with Gasteiger partial charge in [0, 0.05) is 0 Å². The van der Waals surface area contributed by atoms with E-state index < -0.39 is 6.00 Å². The van der Waals surface area contributed by atoms with Gasteiger partial charge in [-0.25, -0.2) is 0 Å². The van der Waals surface area contributed by atoms with Crippen molar-refractivity contribution in [2.75, 3.05) is 0 Å². The van der Waals surface area contributed by atoms with E-state index in [0.29, 0.717) is 0 Å². The lowest BCUT2D eigenvalue weighted by molar-refractivity contribution is 0.531. The highest BCUT2D eigenvalue weighted by molar-refractivity contribution is 7.64. The Morgan fingerprint density at radius 1 is 0.478 bits per heavy atom. The molecule has 0 radical (unpaired) electrons. The van der Waals surface area contributed by atoms with Gasteiger partial charge in [-0.3, -0.25) is 0 Å². The number of hydrogen-bond acceptors (Lipinski definition) is 0. The summed E-state index contributed by atoms with van der Waals surface area (Å²) in [5, 5.41) is 0. The molecule has 5 heteroatoms. The van der Waals surface area contributed by atoms with E-state index in [1.807, 2.05) is 0 Å². The van der Waals surface area contributed by atoms with Crippen LogP contribution < -0.4 is 0 Å². The maximum atomic E-state index is 5.87. The molecule has 23 heavy (non-hydrogen) atoms. The van der Waals surface area contributed by atoms with Gasteiger partial charge in [0.25, 0.3) is 0 Å². The van der Waals surface area contributed by atoms with Crippen LogP contribution >= 0.6 is 33.2 Å². The van der Waals surface area contributed by atoms with Crippen LogP contribution in [-0.4, -0.2) is 11.5 Å². The largest absolute Gasteiger partial charge is 0.412 e. The van der Waals surface area contributed by atoms with E-state index in [2.05, 4.69) is 6.92 Å². The van der Waals surface area contributed by atoms with Gasteiger partial charge in [-0.05, 0) is 6.04 Å². The summed E-state index contributed by atoms with van der Waals surface area (Å²) < 4.78 is 0. The molecule has 0 bridgehead atoms. The molecule has 0 unspecified atom stereocenters. The van der Waals surface area contributed by atoms with Crippen molar-refractivity contribution < 1.29 is 5.48 Å². The molecule has 0 heterocycles. The minimum Gasteiger partial charge on any atom is -0.412 e. The minimum absolute atomic E-state index is 0. The molecule has 0 saturated carbocycles. The molecule has 0 aliphatic rings. The highest BCUT2D eigenvalue weighted by Gasteiger charge is 2.23. The van der Waals surface area contributed by atoms with Crippen molar-refractivity contribution in [2.45, 2.75) is 116 Å². The first kappa shape index (κ1) is 26.3. The number of unbranched alkanes of at least 4 members (excludes halogenated alkanes) is 15. The average Bonchev–Trinajstić information content (AvgIpc) is 2.45. The van der Waals surface area contributed by atoms with Gasteiger partial charge in [-0.2, -0.15) is 0 Å². The molecule has 142 valence electrons. The Hall–Kier alpha value is 1.05. The maximum absolute atomic E-state index is 5.87. The fourth-order valence-electron chi connectivity index (χ4n) is 2.87. The van der Waals surface area contributed by atoms with E-state index in [4.69, 9.17) is 33.2 Å². The monoisotopic (exact) mass is 404 g/mol. The second kappa shape index (κ2) is 19.4. The van der Waals surface area contributed by atoms with Crippen molar-refractivity contribution >= 4 is 39.2 Å². The predicted molar refractivity (Wildman–Crippen MR) is 111 cm³/mol. The van der Waals surface area contributed by atoms with Crippen LogP contribution in [0.5, 0.6) is 0 Å². The minimum atomic E-state index is -2.35. The summed E-state index contributed by atoms with van der Waals surface area (Å²) in [5.74, 6) is 0. The van der Waals surface area contributed by atoms with E-state index in [-0.39, 0.29) is 5.48 Å². The standard InChI is InChI=1S/C18H37Cl3Si.H2O/c1-2-3-4-5-6-7-8-9-10-11-12-13-14-15-16-17-18-22(19,20)21;/h2-18H2,1H3;1H2. The van der Waals surface area contributed by atoms with Crippen molar-refractivity contribution in [3.05, 3.63) is 0 Å². The Bertz CT molecular complexity index is 223. The summed E-state index contributed by atoms with van der Waals surface area (Å²) >= 11 is 17.6. The topological polar surface area (TPSA) is 31.5 Å². The number of rotatable bonds is 17. The van der Waals surface area contributed by atoms with E-state index in [9.17, 15) is 0 Å². The first-order valence-corrected chi connectivity index (χ1v) is 14.9. The number of halogens is 3. The van der Waals surface area contributed by atoms with Crippen molar-refractivity contribution in [3.63, 3.8) is 0 Å². The Morgan fingerprint density at radius 3 is 1.00 bits per heavy atom. The molecule has 1 nitrogen and oxygen atoms in total. The molecule has 0 rings (SSSR count). The summed E-state index contributed by atoms with van der Waals surface area (Å²) in [7, 11) is 0. The van der Waals surface area contributed by atoms with Crippen molar-refractivity contribution in [2.24, 2.45) is 0 Å². The molecule has 0 saturated heterocycles. The quantitative estimate of drug-likeness (QED) is 0.133. The molecular formula is C18H39Cl3OSi. The van der Waals surface area contributed by atoms with Gasteiger partial charge in [0.2, 0.25) is 0 Å². The first-order chi connectivity index (χ1) is 10.6. The van der Waals surface area contributed by atoms with Crippen LogP contribution in [0.15, 0.2) is 0 Å². The summed E-state index contributed by atoms with van der Waals surface area (Å²) in [6.45, 7) is 2.28. The fraction of sp³-hybridized carbons (Fsp3) is 1.00. The third-order valence-corrected chi connectivity index (χ3v) is 6.94. The van der Waals surface area contributed by atoms with Gasteiger partial charge < -0.3 is 5.48 Å². The lowest BCUT2D eigenvalue weighted by atomic mass is 10.0. The lowest BCUT2D eigenvalue weighted by Crippen LogP contribution is -2.07. The maximum Gasteiger partial charge on any atom is 0.341 e. The van der Waals surface area contributed by atoms with Crippen LogP contribution in [-0.2, 0) is 0 Å². The highest BCUT2D eigenvalue weighted by Crippen LogP contribution is 2.27. The molecule has 0 atom stereocenters. The molecule has 0 aromatic rings. The average molecular weight is 406 g/mol. The third-order valence-electron chi connectivity index (χ3n) is 4.31. The van der Waals surface area contributed by atoms with Crippen LogP contribution in [0.25, 0.3) is 0 Å². The second-order valence-corrected chi connectivity index (χ2v) is 15.9. The van der Waals surface area contributed by atoms with Gasteiger partial charge in [0.05, 0.1) is 0 Å². The molecule has 0 amide bonds. The molecule has 2 N–H and O–H groups in total. The van der Waals surface area contributed by atoms with Crippen LogP contribution in [0.3, 0.4) is 0 Å².